The summed E-state index contributed by atoms with van der Waals surface area (Å²) in [6.07, 6.45) is 5.47. The summed E-state index contributed by atoms with van der Waals surface area (Å²) in [6, 6.07) is 0.690. The monoisotopic (exact) mass is 269 g/mol. The van der Waals surface area contributed by atoms with Crippen LogP contribution >= 0.6 is 0 Å². The normalized spacial score (nSPS) is 25.9. The molecule has 19 heavy (non-hydrogen) atoms. The molecule has 1 saturated carbocycles. The summed E-state index contributed by atoms with van der Waals surface area (Å²) in [6.45, 7) is 3.09. The minimum absolute atomic E-state index is 0.367. The molecule has 1 aliphatic heterocycles. The van der Waals surface area contributed by atoms with Crippen LogP contribution in [0.5, 0.6) is 0 Å². The Kier molecular flexibility index (Phi) is 5.19. The molecule has 2 aliphatic rings. The number of nitrogens with one attached hydrogen (secondary N) is 1. The molecule has 0 radical (unpaired) electrons. The van der Waals surface area contributed by atoms with Gasteiger partial charge in [-0.15, -0.1) is 0 Å². The number of rotatable bonds is 8. The molecule has 2 rings (SSSR count). The highest BCUT2D eigenvalue weighted by atomic mass is 16.4. The van der Waals surface area contributed by atoms with Crippen LogP contribution in [0.1, 0.15) is 32.1 Å². The molecule has 1 heterocycles. The van der Waals surface area contributed by atoms with Crippen molar-refractivity contribution in [2.45, 2.75) is 50.2 Å². The second-order valence-corrected chi connectivity index (χ2v) is 6.21. The van der Waals surface area contributed by atoms with Crippen molar-refractivity contribution in [2.24, 2.45) is 0 Å². The maximum Gasteiger partial charge on any atom is 0.320 e. The highest BCUT2D eigenvalue weighted by molar-refractivity contribution is 5.73. The van der Waals surface area contributed by atoms with Crippen molar-refractivity contribution in [2.75, 3.05) is 33.7 Å². The number of carboxylic acid groups (broad SMARTS) is 1. The van der Waals surface area contributed by atoms with Gasteiger partial charge in [-0.3, -0.25) is 9.69 Å². The van der Waals surface area contributed by atoms with Crippen LogP contribution in [0.2, 0.25) is 0 Å². The van der Waals surface area contributed by atoms with Crippen LogP contribution in [0.15, 0.2) is 0 Å². The van der Waals surface area contributed by atoms with Crippen LogP contribution in [-0.2, 0) is 4.79 Å². The SMILES string of the molecule is CN(C)CC1CCCN1CCC(NC1CC1)C(=O)O. The lowest BCUT2D eigenvalue weighted by molar-refractivity contribution is -0.139. The van der Waals surface area contributed by atoms with Crippen LogP contribution in [0.4, 0.5) is 0 Å². The summed E-state index contributed by atoms with van der Waals surface area (Å²) in [5.41, 5.74) is 0. The smallest absolute Gasteiger partial charge is 0.320 e. The summed E-state index contributed by atoms with van der Waals surface area (Å²) in [5.74, 6) is -0.699. The fourth-order valence-electron chi connectivity index (χ4n) is 2.93. The van der Waals surface area contributed by atoms with Crippen molar-refractivity contribution in [3.63, 3.8) is 0 Å². The first-order valence-corrected chi connectivity index (χ1v) is 7.44. The Morgan fingerprint density at radius 1 is 1.42 bits per heavy atom. The lowest BCUT2D eigenvalue weighted by Gasteiger charge is -2.28. The maximum absolute atomic E-state index is 11.2. The summed E-state index contributed by atoms with van der Waals surface area (Å²) in [7, 11) is 4.20. The summed E-state index contributed by atoms with van der Waals surface area (Å²) >= 11 is 0. The molecule has 2 N–H and O–H groups in total. The number of nitrogens with zero attached hydrogens (tertiary/aromatic N) is 2. The second-order valence-electron chi connectivity index (χ2n) is 6.21. The van der Waals surface area contributed by atoms with E-state index in [-0.39, 0.29) is 6.04 Å². The number of hydrogen-bond acceptors (Lipinski definition) is 4. The largest absolute Gasteiger partial charge is 0.480 e. The van der Waals surface area contributed by atoms with Crippen LogP contribution in [0.25, 0.3) is 0 Å². The van der Waals surface area contributed by atoms with E-state index in [9.17, 15) is 9.90 Å². The number of carbonyl (C=O) groups is 1. The van der Waals surface area contributed by atoms with Gasteiger partial charge < -0.3 is 15.3 Å². The van der Waals surface area contributed by atoms with Gasteiger partial charge in [0, 0.05) is 25.2 Å². The zero-order valence-corrected chi connectivity index (χ0v) is 12.1. The fraction of sp³-hybridized carbons (Fsp3) is 0.929. The molecule has 0 aromatic carbocycles. The minimum Gasteiger partial charge on any atom is -0.480 e. The first kappa shape index (κ1) is 14.8. The van der Waals surface area contributed by atoms with Gasteiger partial charge in [0.25, 0.3) is 0 Å². The van der Waals surface area contributed by atoms with Gasteiger partial charge in [-0.1, -0.05) is 0 Å². The lowest BCUT2D eigenvalue weighted by atomic mass is 10.1. The number of carboxylic acids is 1. The standard InChI is InChI=1S/C14H27N3O2/c1-16(2)10-12-4-3-8-17(12)9-7-13(14(18)19)15-11-5-6-11/h11-13,15H,3-10H2,1-2H3,(H,18,19). The number of likely N-dealkylation sites (N-methyl/N-ethyl adjacent to an activating group) is 1. The zero-order valence-electron chi connectivity index (χ0n) is 12.1. The molecule has 5 nitrogen and oxygen atoms in total. The first-order chi connectivity index (χ1) is 9.06. The van der Waals surface area contributed by atoms with Gasteiger partial charge in [0.05, 0.1) is 0 Å². The van der Waals surface area contributed by atoms with Crippen LogP contribution in [-0.4, -0.2) is 72.7 Å². The predicted octanol–water partition coefficient (Wildman–Crippen LogP) is 0.608. The van der Waals surface area contributed by atoms with E-state index in [1.54, 1.807) is 0 Å². The second kappa shape index (κ2) is 6.68. The van der Waals surface area contributed by atoms with Crippen molar-refractivity contribution in [1.82, 2.24) is 15.1 Å². The Balaban J connectivity index is 1.76. The van der Waals surface area contributed by atoms with Crippen molar-refractivity contribution >= 4 is 5.97 Å². The molecule has 2 fully saturated rings. The summed E-state index contributed by atoms with van der Waals surface area (Å²) in [5, 5.41) is 12.5. The van der Waals surface area contributed by atoms with Gasteiger partial charge in [0.1, 0.15) is 6.04 Å². The Bertz CT molecular complexity index is 305. The van der Waals surface area contributed by atoms with Crippen LogP contribution < -0.4 is 5.32 Å². The third-order valence-corrected chi connectivity index (χ3v) is 4.09. The predicted molar refractivity (Wildman–Crippen MR) is 75.3 cm³/mol. The van der Waals surface area contributed by atoms with E-state index < -0.39 is 5.97 Å². The van der Waals surface area contributed by atoms with E-state index in [0.717, 1.165) is 38.9 Å². The average molecular weight is 269 g/mol. The molecule has 0 aromatic rings. The first-order valence-electron chi connectivity index (χ1n) is 7.44. The zero-order chi connectivity index (χ0) is 13.8. The quantitative estimate of drug-likeness (QED) is 0.676. The topological polar surface area (TPSA) is 55.8 Å². The molecule has 0 aromatic heterocycles. The van der Waals surface area contributed by atoms with E-state index in [4.69, 9.17) is 0 Å². The number of likely N-dealkylation sites (tertiary alicyclic amines) is 1. The Hall–Kier alpha value is -0.650. The highest BCUT2D eigenvalue weighted by Gasteiger charge is 2.30. The molecule has 2 atom stereocenters. The van der Waals surface area contributed by atoms with Crippen molar-refractivity contribution in [3.05, 3.63) is 0 Å². The average Bonchev–Trinajstić information content (AvgIpc) is 3.04. The third-order valence-electron chi connectivity index (χ3n) is 4.09. The van der Waals surface area contributed by atoms with Crippen molar-refractivity contribution < 1.29 is 9.90 Å². The molecular formula is C14H27N3O2. The van der Waals surface area contributed by atoms with Gasteiger partial charge >= 0.3 is 5.97 Å². The molecular weight excluding hydrogens is 242 g/mol. The molecule has 0 spiro atoms. The Morgan fingerprint density at radius 2 is 2.16 bits per heavy atom. The number of hydrogen-bond donors (Lipinski definition) is 2. The van der Waals surface area contributed by atoms with Crippen LogP contribution in [0, 0.1) is 0 Å². The lowest BCUT2D eigenvalue weighted by Crippen LogP contribution is -2.43. The van der Waals surface area contributed by atoms with Crippen molar-refractivity contribution in [1.29, 1.82) is 0 Å². The minimum atomic E-state index is -0.699. The molecule has 5 heteroatoms. The fourth-order valence-corrected chi connectivity index (χ4v) is 2.93. The van der Waals surface area contributed by atoms with Crippen LogP contribution in [0.3, 0.4) is 0 Å². The van der Waals surface area contributed by atoms with Gasteiger partial charge in [0.2, 0.25) is 0 Å². The Labute approximate surface area is 115 Å². The van der Waals surface area contributed by atoms with Gasteiger partial charge in [-0.2, -0.15) is 0 Å². The Morgan fingerprint density at radius 3 is 2.74 bits per heavy atom. The van der Waals surface area contributed by atoms with Gasteiger partial charge in [0.15, 0.2) is 0 Å². The molecule has 0 amide bonds. The van der Waals surface area contributed by atoms with E-state index in [0.29, 0.717) is 12.1 Å². The summed E-state index contributed by atoms with van der Waals surface area (Å²) in [4.78, 5) is 15.9. The van der Waals surface area contributed by atoms with E-state index >= 15 is 0 Å². The van der Waals surface area contributed by atoms with E-state index in [2.05, 4.69) is 29.2 Å². The molecule has 1 saturated heterocycles. The molecule has 2 unspecified atom stereocenters. The van der Waals surface area contributed by atoms with Crippen molar-refractivity contribution in [3.8, 4) is 0 Å². The third kappa shape index (κ3) is 4.75. The summed E-state index contributed by atoms with van der Waals surface area (Å²) < 4.78 is 0. The molecule has 0 bridgehead atoms. The molecule has 1 aliphatic carbocycles. The highest BCUT2D eigenvalue weighted by Crippen LogP contribution is 2.21. The van der Waals surface area contributed by atoms with Gasteiger partial charge in [-0.05, 0) is 52.7 Å². The maximum atomic E-state index is 11.2. The molecule has 110 valence electrons. The van der Waals surface area contributed by atoms with Gasteiger partial charge in [-0.25, -0.2) is 0 Å². The van der Waals surface area contributed by atoms with E-state index in [1.165, 1.54) is 12.8 Å². The van der Waals surface area contributed by atoms with E-state index in [1.807, 2.05) is 0 Å². The number of aliphatic carboxylic acids is 1.